The Morgan fingerprint density at radius 1 is 0.933 bits per heavy atom. The van der Waals surface area contributed by atoms with Crippen LogP contribution in [-0.4, -0.2) is 17.7 Å². The fourth-order valence-electron chi connectivity index (χ4n) is 3.20. The Balaban J connectivity index is 1.91. The third-order valence-electron chi connectivity index (χ3n) is 4.71. The topological polar surface area (TPSA) is 46.5 Å². The summed E-state index contributed by atoms with van der Waals surface area (Å²) in [5.74, 6) is -0.341. The highest BCUT2D eigenvalue weighted by Gasteiger charge is 2.08. The quantitative estimate of drug-likeness (QED) is 0.344. The SMILES string of the molecule is CCc1cc(CC=C(c2ccc(Br)cc2)c2ccc(Br)cc2)ccc1OCC(=O)O. The van der Waals surface area contributed by atoms with Crippen molar-refractivity contribution in [3.8, 4) is 5.75 Å². The number of halogens is 2. The van der Waals surface area contributed by atoms with Gasteiger partial charge in [-0.15, -0.1) is 0 Å². The first-order valence-electron chi connectivity index (χ1n) is 9.64. The fraction of sp³-hybridized carbons (Fsp3) is 0.160. The van der Waals surface area contributed by atoms with Crippen molar-refractivity contribution in [2.24, 2.45) is 0 Å². The molecule has 0 unspecified atom stereocenters. The molecule has 0 fully saturated rings. The van der Waals surface area contributed by atoms with E-state index >= 15 is 0 Å². The van der Waals surface area contributed by atoms with Crippen LogP contribution < -0.4 is 4.74 Å². The second-order valence-electron chi connectivity index (χ2n) is 6.81. The van der Waals surface area contributed by atoms with E-state index in [4.69, 9.17) is 9.84 Å². The summed E-state index contributed by atoms with van der Waals surface area (Å²) in [6, 6.07) is 22.6. The molecule has 0 aliphatic rings. The number of allylic oxidation sites excluding steroid dienone is 1. The number of hydrogen-bond donors (Lipinski definition) is 1. The highest BCUT2D eigenvalue weighted by molar-refractivity contribution is 9.10. The predicted molar refractivity (Wildman–Crippen MR) is 128 cm³/mol. The summed E-state index contributed by atoms with van der Waals surface area (Å²) in [4.78, 5) is 10.8. The number of carbonyl (C=O) groups is 1. The molecule has 0 aliphatic heterocycles. The maximum atomic E-state index is 10.8. The van der Waals surface area contributed by atoms with E-state index < -0.39 is 5.97 Å². The summed E-state index contributed by atoms with van der Waals surface area (Å²) in [6.45, 7) is 1.71. The summed E-state index contributed by atoms with van der Waals surface area (Å²) >= 11 is 7.01. The van der Waals surface area contributed by atoms with Crippen molar-refractivity contribution in [1.82, 2.24) is 0 Å². The molecule has 154 valence electrons. The summed E-state index contributed by atoms with van der Waals surface area (Å²) in [5.41, 5.74) is 5.63. The number of aliphatic carboxylic acids is 1. The van der Waals surface area contributed by atoms with Crippen LogP contribution in [-0.2, 0) is 17.6 Å². The maximum Gasteiger partial charge on any atom is 0.341 e. The molecule has 3 aromatic carbocycles. The van der Waals surface area contributed by atoms with E-state index in [1.807, 2.05) is 43.3 Å². The van der Waals surface area contributed by atoms with E-state index in [1.165, 1.54) is 5.57 Å². The molecule has 0 heterocycles. The Hall–Kier alpha value is -2.37. The lowest BCUT2D eigenvalue weighted by Crippen LogP contribution is -2.10. The Kier molecular flexibility index (Phi) is 7.88. The number of aryl methyl sites for hydroxylation is 1. The van der Waals surface area contributed by atoms with E-state index in [0.717, 1.165) is 44.0 Å². The number of ether oxygens (including phenoxy) is 1. The van der Waals surface area contributed by atoms with Crippen LogP contribution in [0.25, 0.3) is 5.57 Å². The van der Waals surface area contributed by atoms with Crippen molar-refractivity contribution in [2.75, 3.05) is 6.61 Å². The third-order valence-corrected chi connectivity index (χ3v) is 5.77. The average Bonchev–Trinajstić information content (AvgIpc) is 2.75. The Labute approximate surface area is 193 Å². The first-order valence-corrected chi connectivity index (χ1v) is 11.2. The van der Waals surface area contributed by atoms with Crippen LogP contribution in [0.15, 0.2) is 81.8 Å². The number of benzene rings is 3. The molecular formula is C25H22Br2O3. The Bertz CT molecular complexity index is 991. The average molecular weight is 530 g/mol. The molecule has 0 saturated heterocycles. The predicted octanol–water partition coefficient (Wildman–Crippen LogP) is 6.91. The summed E-state index contributed by atoms with van der Waals surface area (Å²) in [7, 11) is 0. The highest BCUT2D eigenvalue weighted by atomic mass is 79.9. The molecule has 0 atom stereocenters. The largest absolute Gasteiger partial charge is 0.482 e. The summed E-state index contributed by atoms with van der Waals surface area (Å²) in [5, 5.41) is 8.85. The lowest BCUT2D eigenvalue weighted by molar-refractivity contribution is -0.139. The van der Waals surface area contributed by atoms with E-state index in [-0.39, 0.29) is 6.61 Å². The van der Waals surface area contributed by atoms with Crippen LogP contribution in [0.3, 0.4) is 0 Å². The van der Waals surface area contributed by atoms with Gasteiger partial charge in [-0.25, -0.2) is 4.79 Å². The zero-order valence-corrected chi connectivity index (χ0v) is 19.7. The Morgan fingerprint density at radius 2 is 1.50 bits per heavy atom. The van der Waals surface area contributed by atoms with E-state index in [9.17, 15) is 4.79 Å². The second kappa shape index (κ2) is 10.6. The Morgan fingerprint density at radius 3 is 2.00 bits per heavy atom. The van der Waals surface area contributed by atoms with Gasteiger partial charge in [-0.3, -0.25) is 0 Å². The zero-order chi connectivity index (χ0) is 21.5. The molecular weight excluding hydrogens is 508 g/mol. The van der Waals surface area contributed by atoms with Gasteiger partial charge < -0.3 is 9.84 Å². The summed E-state index contributed by atoms with van der Waals surface area (Å²) < 4.78 is 7.50. The molecule has 0 bridgehead atoms. The third kappa shape index (κ3) is 6.07. The van der Waals surface area contributed by atoms with Gasteiger partial charge in [0.2, 0.25) is 0 Å². The van der Waals surface area contributed by atoms with Gasteiger partial charge in [-0.05, 0) is 71.0 Å². The number of rotatable bonds is 8. The molecule has 0 aromatic heterocycles. The minimum atomic E-state index is -0.974. The van der Waals surface area contributed by atoms with E-state index in [1.54, 1.807) is 0 Å². The minimum absolute atomic E-state index is 0.330. The monoisotopic (exact) mass is 528 g/mol. The molecule has 0 aliphatic carbocycles. The molecule has 3 aromatic rings. The van der Waals surface area contributed by atoms with E-state index in [0.29, 0.717) is 5.75 Å². The van der Waals surface area contributed by atoms with Crippen LogP contribution in [0.5, 0.6) is 5.75 Å². The molecule has 1 N–H and O–H groups in total. The van der Waals surface area contributed by atoms with Crippen molar-refractivity contribution < 1.29 is 14.6 Å². The van der Waals surface area contributed by atoms with E-state index in [2.05, 4.69) is 68.3 Å². The van der Waals surface area contributed by atoms with Crippen molar-refractivity contribution in [2.45, 2.75) is 19.8 Å². The van der Waals surface area contributed by atoms with Crippen molar-refractivity contribution >= 4 is 43.4 Å². The zero-order valence-electron chi connectivity index (χ0n) is 16.6. The standard InChI is InChI=1S/C25H22Br2O3/c1-2-18-15-17(4-14-24(18)30-16-25(28)29)3-13-23(19-5-9-21(26)10-6-19)20-7-11-22(27)12-8-20/h4-15H,2-3,16H2,1H3,(H,28,29). The lowest BCUT2D eigenvalue weighted by Gasteiger charge is -2.12. The second-order valence-corrected chi connectivity index (χ2v) is 8.65. The number of hydrogen-bond acceptors (Lipinski definition) is 2. The first-order chi connectivity index (χ1) is 14.5. The maximum absolute atomic E-state index is 10.8. The van der Waals surface area contributed by atoms with Gasteiger partial charge in [0.1, 0.15) is 5.75 Å². The van der Waals surface area contributed by atoms with Crippen LogP contribution in [0.4, 0.5) is 0 Å². The fourth-order valence-corrected chi connectivity index (χ4v) is 3.73. The lowest BCUT2D eigenvalue weighted by atomic mass is 9.95. The normalized spacial score (nSPS) is 10.5. The molecule has 3 rings (SSSR count). The molecule has 0 saturated carbocycles. The van der Waals surface area contributed by atoms with Crippen LogP contribution in [0.1, 0.15) is 29.2 Å². The van der Waals surface area contributed by atoms with Crippen molar-refractivity contribution in [1.29, 1.82) is 0 Å². The molecule has 0 spiro atoms. The van der Waals surface area contributed by atoms with Gasteiger partial charge in [0.05, 0.1) is 0 Å². The van der Waals surface area contributed by atoms with Crippen LogP contribution in [0.2, 0.25) is 0 Å². The molecule has 3 nitrogen and oxygen atoms in total. The molecule has 0 radical (unpaired) electrons. The van der Waals surface area contributed by atoms with Gasteiger partial charge in [-0.2, -0.15) is 0 Å². The van der Waals surface area contributed by atoms with Gasteiger partial charge in [0.15, 0.2) is 6.61 Å². The molecule has 30 heavy (non-hydrogen) atoms. The number of carboxylic acids is 1. The number of carboxylic acid groups (broad SMARTS) is 1. The molecule has 5 heteroatoms. The van der Waals surface area contributed by atoms with Gasteiger partial charge in [0, 0.05) is 8.95 Å². The van der Waals surface area contributed by atoms with Crippen molar-refractivity contribution in [3.63, 3.8) is 0 Å². The highest BCUT2D eigenvalue weighted by Crippen LogP contribution is 2.28. The molecule has 0 amide bonds. The van der Waals surface area contributed by atoms with Gasteiger partial charge in [0.25, 0.3) is 0 Å². The van der Waals surface area contributed by atoms with Gasteiger partial charge >= 0.3 is 5.97 Å². The minimum Gasteiger partial charge on any atom is -0.482 e. The van der Waals surface area contributed by atoms with Crippen LogP contribution in [0, 0.1) is 0 Å². The van der Waals surface area contributed by atoms with Gasteiger partial charge in [-0.1, -0.05) is 81.3 Å². The first kappa shape index (κ1) is 22.3. The van der Waals surface area contributed by atoms with Crippen LogP contribution >= 0.6 is 31.9 Å². The summed E-state index contributed by atoms with van der Waals surface area (Å²) in [6.07, 6.45) is 3.77. The van der Waals surface area contributed by atoms with Crippen molar-refractivity contribution in [3.05, 3.63) is 104 Å². The smallest absolute Gasteiger partial charge is 0.341 e.